The van der Waals surface area contributed by atoms with Gasteiger partial charge in [-0.2, -0.15) is 0 Å². The maximum Gasteiger partial charge on any atom is 0.170 e. The average Bonchev–Trinajstić information content (AvgIpc) is 2.47. The molecule has 4 N–H and O–H groups in total. The van der Waals surface area contributed by atoms with Gasteiger partial charge in [-0.15, -0.1) is 0 Å². The van der Waals surface area contributed by atoms with Crippen LogP contribution in [0.1, 0.15) is 16.7 Å². The lowest BCUT2D eigenvalue weighted by molar-refractivity contribution is 0.318. The number of benzene rings is 1. The van der Waals surface area contributed by atoms with Gasteiger partial charge in [0.2, 0.25) is 0 Å². The van der Waals surface area contributed by atoms with Gasteiger partial charge in [0.15, 0.2) is 5.84 Å². The first-order chi connectivity index (χ1) is 9.69. The van der Waals surface area contributed by atoms with Crippen molar-refractivity contribution in [2.24, 2.45) is 10.9 Å². The second kappa shape index (κ2) is 6.63. The van der Waals surface area contributed by atoms with Crippen molar-refractivity contribution < 1.29 is 9.60 Å². The molecule has 1 heterocycles. The van der Waals surface area contributed by atoms with Crippen molar-refractivity contribution in [2.75, 3.05) is 0 Å². The van der Waals surface area contributed by atoms with E-state index in [9.17, 15) is 4.39 Å². The fourth-order valence-corrected chi connectivity index (χ4v) is 1.81. The summed E-state index contributed by atoms with van der Waals surface area (Å²) < 4.78 is 13.4. The number of hydrogen-bond donors (Lipinski definition) is 3. The molecule has 0 spiro atoms. The molecule has 1 aromatic carbocycles. The molecule has 104 valence electrons. The molecule has 2 aromatic rings. The van der Waals surface area contributed by atoms with Crippen LogP contribution in [0.5, 0.6) is 0 Å². The van der Waals surface area contributed by atoms with E-state index in [1.54, 1.807) is 18.5 Å². The monoisotopic (exact) mass is 274 g/mol. The molecule has 0 saturated carbocycles. The van der Waals surface area contributed by atoms with Gasteiger partial charge < -0.3 is 16.3 Å². The molecule has 0 radical (unpaired) electrons. The summed E-state index contributed by atoms with van der Waals surface area (Å²) in [5, 5.41) is 14.7. The molecule has 0 unspecified atom stereocenters. The summed E-state index contributed by atoms with van der Waals surface area (Å²) in [6.07, 6.45) is 3.47. The van der Waals surface area contributed by atoms with Crippen LogP contribution in [-0.4, -0.2) is 16.0 Å². The minimum absolute atomic E-state index is 0.113. The molecule has 6 heteroatoms. The minimum Gasteiger partial charge on any atom is -0.409 e. The lowest BCUT2D eigenvalue weighted by Gasteiger charge is -2.07. The smallest absolute Gasteiger partial charge is 0.170 e. The van der Waals surface area contributed by atoms with Crippen molar-refractivity contribution in [3.05, 3.63) is 65.2 Å². The number of nitrogens with one attached hydrogen (secondary N) is 1. The Labute approximate surface area is 116 Å². The van der Waals surface area contributed by atoms with Gasteiger partial charge in [-0.05, 0) is 35.4 Å². The van der Waals surface area contributed by atoms with Crippen LogP contribution in [0, 0.1) is 5.82 Å². The summed E-state index contributed by atoms with van der Waals surface area (Å²) in [6, 6.07) is 8.11. The Hall–Kier alpha value is -2.47. The number of oxime groups is 1. The van der Waals surface area contributed by atoms with Crippen LogP contribution in [0.15, 0.2) is 47.9 Å². The molecule has 2 rings (SSSR count). The van der Waals surface area contributed by atoms with E-state index in [1.165, 1.54) is 12.1 Å². The maximum absolute atomic E-state index is 13.4. The fraction of sp³-hybridized carbons (Fsp3) is 0.143. The second-order valence-electron chi connectivity index (χ2n) is 4.30. The first-order valence-corrected chi connectivity index (χ1v) is 6.06. The van der Waals surface area contributed by atoms with Gasteiger partial charge in [0.1, 0.15) is 5.82 Å². The van der Waals surface area contributed by atoms with E-state index in [2.05, 4.69) is 15.5 Å². The minimum atomic E-state index is -0.424. The van der Waals surface area contributed by atoms with Crippen LogP contribution in [-0.2, 0) is 13.1 Å². The molecule has 0 amide bonds. The number of halogens is 1. The standard InChI is InChI=1S/C14H15FN4O/c15-13-5-11(4-12(6-13)14(16)19-20)9-18-8-10-2-1-3-17-7-10/h1-7,18,20H,8-9H2,(H2,16,19). The molecule has 1 aromatic heterocycles. The van der Waals surface area contributed by atoms with Gasteiger partial charge in [0.05, 0.1) is 0 Å². The van der Waals surface area contributed by atoms with Crippen molar-refractivity contribution >= 4 is 5.84 Å². The van der Waals surface area contributed by atoms with Gasteiger partial charge in [-0.25, -0.2) is 4.39 Å². The number of amidine groups is 1. The summed E-state index contributed by atoms with van der Waals surface area (Å²) >= 11 is 0. The Morgan fingerprint density at radius 2 is 2.10 bits per heavy atom. The van der Waals surface area contributed by atoms with Crippen LogP contribution >= 0.6 is 0 Å². The van der Waals surface area contributed by atoms with E-state index >= 15 is 0 Å². The zero-order chi connectivity index (χ0) is 14.4. The van der Waals surface area contributed by atoms with Crippen LogP contribution in [0.25, 0.3) is 0 Å². The molecule has 0 aliphatic rings. The molecule has 0 saturated heterocycles. The molecule has 5 nitrogen and oxygen atoms in total. The predicted molar refractivity (Wildman–Crippen MR) is 73.7 cm³/mol. The number of hydrogen-bond acceptors (Lipinski definition) is 4. The SMILES string of the molecule is N/C(=N/O)c1cc(F)cc(CNCc2cccnc2)c1. The molecule has 20 heavy (non-hydrogen) atoms. The van der Waals surface area contributed by atoms with Crippen LogP contribution in [0.4, 0.5) is 4.39 Å². The number of nitrogens with zero attached hydrogens (tertiary/aromatic N) is 2. The summed E-state index contributed by atoms with van der Waals surface area (Å²) in [5.41, 5.74) is 7.57. The first-order valence-electron chi connectivity index (χ1n) is 6.06. The summed E-state index contributed by atoms with van der Waals surface area (Å²) in [6.45, 7) is 1.10. The van der Waals surface area contributed by atoms with Gasteiger partial charge in [0, 0.05) is 31.0 Å². The number of nitrogens with two attached hydrogens (primary N) is 1. The molecule has 0 aliphatic carbocycles. The Kier molecular flexibility index (Phi) is 4.62. The Morgan fingerprint density at radius 3 is 2.80 bits per heavy atom. The number of pyridine rings is 1. The molecular weight excluding hydrogens is 259 g/mol. The first kappa shape index (κ1) is 14.0. The van der Waals surface area contributed by atoms with Gasteiger partial charge >= 0.3 is 0 Å². The average molecular weight is 274 g/mol. The zero-order valence-electron chi connectivity index (χ0n) is 10.8. The van der Waals surface area contributed by atoms with Crippen molar-refractivity contribution in [3.8, 4) is 0 Å². The Bertz CT molecular complexity index is 601. The fourth-order valence-electron chi connectivity index (χ4n) is 1.81. The summed E-state index contributed by atoms with van der Waals surface area (Å²) in [4.78, 5) is 4.01. The van der Waals surface area contributed by atoms with Crippen molar-refractivity contribution in [2.45, 2.75) is 13.1 Å². The molecule has 0 atom stereocenters. The third-order valence-corrected chi connectivity index (χ3v) is 2.74. The molecular formula is C14H15FN4O. The highest BCUT2D eigenvalue weighted by Gasteiger charge is 2.04. The van der Waals surface area contributed by atoms with Gasteiger partial charge in [-0.1, -0.05) is 11.2 Å². The van der Waals surface area contributed by atoms with Crippen molar-refractivity contribution in [3.63, 3.8) is 0 Å². The van der Waals surface area contributed by atoms with Crippen LogP contribution in [0.2, 0.25) is 0 Å². The Balaban J connectivity index is 2.01. The van der Waals surface area contributed by atoms with Crippen LogP contribution < -0.4 is 11.1 Å². The highest BCUT2D eigenvalue weighted by Crippen LogP contribution is 2.09. The highest BCUT2D eigenvalue weighted by molar-refractivity contribution is 5.97. The van der Waals surface area contributed by atoms with E-state index in [-0.39, 0.29) is 5.84 Å². The lowest BCUT2D eigenvalue weighted by atomic mass is 10.1. The maximum atomic E-state index is 13.4. The van der Waals surface area contributed by atoms with Gasteiger partial charge in [-0.3, -0.25) is 4.98 Å². The number of rotatable bonds is 5. The summed E-state index contributed by atoms with van der Waals surface area (Å²) in [5.74, 6) is -0.537. The van der Waals surface area contributed by atoms with E-state index in [0.29, 0.717) is 18.7 Å². The second-order valence-corrected chi connectivity index (χ2v) is 4.30. The zero-order valence-corrected chi connectivity index (χ0v) is 10.8. The quantitative estimate of drug-likeness (QED) is 0.335. The molecule has 0 bridgehead atoms. The van der Waals surface area contributed by atoms with E-state index < -0.39 is 5.82 Å². The van der Waals surface area contributed by atoms with Crippen LogP contribution in [0.3, 0.4) is 0 Å². The van der Waals surface area contributed by atoms with E-state index in [0.717, 1.165) is 11.1 Å². The normalized spacial score (nSPS) is 11.6. The molecule has 0 aliphatic heterocycles. The topological polar surface area (TPSA) is 83.5 Å². The third-order valence-electron chi connectivity index (χ3n) is 2.74. The Morgan fingerprint density at radius 1 is 1.30 bits per heavy atom. The van der Waals surface area contributed by atoms with E-state index in [1.807, 2.05) is 12.1 Å². The molecule has 0 fully saturated rings. The largest absolute Gasteiger partial charge is 0.409 e. The highest BCUT2D eigenvalue weighted by atomic mass is 19.1. The van der Waals surface area contributed by atoms with Crippen molar-refractivity contribution in [1.29, 1.82) is 0 Å². The summed E-state index contributed by atoms with van der Waals surface area (Å²) in [7, 11) is 0. The van der Waals surface area contributed by atoms with Crippen molar-refractivity contribution in [1.82, 2.24) is 10.3 Å². The van der Waals surface area contributed by atoms with E-state index in [4.69, 9.17) is 10.9 Å². The number of aromatic nitrogens is 1. The predicted octanol–water partition coefficient (Wildman–Crippen LogP) is 1.60. The third kappa shape index (κ3) is 3.76. The van der Waals surface area contributed by atoms with Gasteiger partial charge in [0.25, 0.3) is 0 Å². The lowest BCUT2D eigenvalue weighted by Crippen LogP contribution is -2.16.